The van der Waals surface area contributed by atoms with Gasteiger partial charge in [-0.25, -0.2) is 0 Å². The van der Waals surface area contributed by atoms with Crippen LogP contribution in [0.5, 0.6) is 0 Å². The third-order valence-corrected chi connectivity index (χ3v) is 2.67. The third-order valence-electron chi connectivity index (χ3n) is 2.37. The second kappa shape index (κ2) is 3.64. The van der Waals surface area contributed by atoms with Crippen molar-refractivity contribution in [3.8, 4) is 0 Å². The Morgan fingerprint density at radius 1 is 1.25 bits per heavy atom. The molecule has 0 N–H and O–H groups in total. The molecule has 3 aromatic rings. The quantitative estimate of drug-likeness (QED) is 0.683. The molecule has 0 fully saturated rings. The van der Waals surface area contributed by atoms with E-state index in [0.29, 0.717) is 17.1 Å². The molecule has 0 atom stereocenters. The van der Waals surface area contributed by atoms with Crippen LogP contribution in [0.3, 0.4) is 0 Å². The Hall–Kier alpha value is -1.81. The summed E-state index contributed by atoms with van der Waals surface area (Å²) >= 11 is 6.01. The third kappa shape index (κ3) is 1.47. The average molecular weight is 234 g/mol. The summed E-state index contributed by atoms with van der Waals surface area (Å²) in [5.74, 6) is 1.67. The van der Waals surface area contributed by atoms with Crippen LogP contribution in [-0.4, -0.2) is 14.6 Å². The molecule has 3 aromatic heterocycles. The fourth-order valence-electron chi connectivity index (χ4n) is 1.62. The van der Waals surface area contributed by atoms with Gasteiger partial charge in [0.2, 0.25) is 0 Å². The number of hydrogen-bond donors (Lipinski definition) is 0. The first kappa shape index (κ1) is 9.42. The highest BCUT2D eigenvalue weighted by molar-refractivity contribution is 6.33. The van der Waals surface area contributed by atoms with Crippen LogP contribution in [0.4, 0.5) is 0 Å². The van der Waals surface area contributed by atoms with Crippen LogP contribution < -0.4 is 0 Å². The van der Waals surface area contributed by atoms with Crippen LogP contribution in [0.15, 0.2) is 41.1 Å². The molecular weight excluding hydrogens is 226 g/mol. The molecule has 80 valence electrons. The highest BCUT2D eigenvalue weighted by Gasteiger charge is 2.09. The summed E-state index contributed by atoms with van der Waals surface area (Å²) in [5, 5.41) is 8.74. The summed E-state index contributed by atoms with van der Waals surface area (Å²) in [6.45, 7) is 0. The van der Waals surface area contributed by atoms with Crippen molar-refractivity contribution in [1.29, 1.82) is 0 Å². The van der Waals surface area contributed by atoms with Crippen molar-refractivity contribution >= 4 is 17.2 Å². The van der Waals surface area contributed by atoms with Gasteiger partial charge in [0.1, 0.15) is 11.6 Å². The van der Waals surface area contributed by atoms with Crippen molar-refractivity contribution < 1.29 is 4.42 Å². The van der Waals surface area contributed by atoms with Crippen molar-refractivity contribution in [2.75, 3.05) is 0 Å². The van der Waals surface area contributed by atoms with Gasteiger partial charge in [-0.3, -0.25) is 4.40 Å². The SMILES string of the molecule is Clc1cccn2c(Cc3ccco3)nnc12. The standard InChI is InChI=1S/C11H8ClN3O/c12-9-4-1-5-15-10(13-14-11(9)15)7-8-3-2-6-16-8/h1-6H,7H2. The topological polar surface area (TPSA) is 43.3 Å². The molecule has 0 spiro atoms. The number of hydrogen-bond acceptors (Lipinski definition) is 3. The number of nitrogens with zero attached hydrogens (tertiary/aromatic N) is 3. The molecule has 0 bridgehead atoms. The summed E-state index contributed by atoms with van der Waals surface area (Å²) in [5.41, 5.74) is 0.672. The maximum Gasteiger partial charge on any atom is 0.179 e. The summed E-state index contributed by atoms with van der Waals surface area (Å²) < 4.78 is 7.14. The summed E-state index contributed by atoms with van der Waals surface area (Å²) in [6, 6.07) is 7.42. The molecule has 16 heavy (non-hydrogen) atoms. The Balaban J connectivity index is 2.08. The van der Waals surface area contributed by atoms with E-state index in [1.165, 1.54) is 0 Å². The van der Waals surface area contributed by atoms with E-state index < -0.39 is 0 Å². The largest absolute Gasteiger partial charge is 0.469 e. The molecule has 0 radical (unpaired) electrons. The number of aromatic nitrogens is 3. The van der Waals surface area contributed by atoms with Crippen LogP contribution in [0.1, 0.15) is 11.6 Å². The van der Waals surface area contributed by atoms with Crippen LogP contribution >= 0.6 is 11.6 Å². The molecule has 0 aliphatic heterocycles. The minimum Gasteiger partial charge on any atom is -0.469 e. The number of rotatable bonds is 2. The van der Waals surface area contributed by atoms with Gasteiger partial charge < -0.3 is 4.42 Å². The molecule has 5 heteroatoms. The van der Waals surface area contributed by atoms with Gasteiger partial charge in [-0.1, -0.05) is 11.6 Å². The van der Waals surface area contributed by atoms with E-state index in [1.54, 1.807) is 12.3 Å². The Morgan fingerprint density at radius 3 is 3.00 bits per heavy atom. The predicted octanol–water partition coefficient (Wildman–Crippen LogP) is 2.57. The van der Waals surface area contributed by atoms with Gasteiger partial charge in [0.15, 0.2) is 5.65 Å². The molecule has 0 saturated carbocycles. The lowest BCUT2D eigenvalue weighted by Crippen LogP contribution is -1.94. The van der Waals surface area contributed by atoms with Crippen molar-refractivity contribution in [3.05, 3.63) is 53.3 Å². The monoisotopic (exact) mass is 233 g/mol. The van der Waals surface area contributed by atoms with E-state index >= 15 is 0 Å². The van der Waals surface area contributed by atoms with Crippen molar-refractivity contribution in [2.24, 2.45) is 0 Å². The maximum atomic E-state index is 6.01. The smallest absolute Gasteiger partial charge is 0.179 e. The van der Waals surface area contributed by atoms with Crippen molar-refractivity contribution in [2.45, 2.75) is 6.42 Å². The molecule has 0 aliphatic carbocycles. The second-order valence-corrected chi connectivity index (χ2v) is 3.83. The number of pyridine rings is 1. The zero-order valence-electron chi connectivity index (χ0n) is 8.30. The lowest BCUT2D eigenvalue weighted by Gasteiger charge is -1.97. The van der Waals surface area contributed by atoms with Crippen LogP contribution in [-0.2, 0) is 6.42 Å². The molecule has 4 nitrogen and oxygen atoms in total. The van der Waals surface area contributed by atoms with Gasteiger partial charge in [-0.2, -0.15) is 0 Å². The Morgan fingerprint density at radius 2 is 2.19 bits per heavy atom. The number of furan rings is 1. The van der Waals surface area contributed by atoms with Gasteiger partial charge in [0.05, 0.1) is 17.7 Å². The van der Waals surface area contributed by atoms with Gasteiger partial charge in [-0.05, 0) is 24.3 Å². The fourth-order valence-corrected chi connectivity index (χ4v) is 1.82. The van der Waals surface area contributed by atoms with E-state index in [-0.39, 0.29) is 0 Å². The average Bonchev–Trinajstić information content (AvgIpc) is 2.90. The van der Waals surface area contributed by atoms with Crippen molar-refractivity contribution in [3.63, 3.8) is 0 Å². The van der Waals surface area contributed by atoms with Gasteiger partial charge in [0.25, 0.3) is 0 Å². The maximum absolute atomic E-state index is 6.01. The highest BCUT2D eigenvalue weighted by atomic mass is 35.5. The summed E-state index contributed by atoms with van der Waals surface area (Å²) in [7, 11) is 0. The molecule has 0 aliphatic rings. The van der Waals surface area contributed by atoms with Gasteiger partial charge in [0, 0.05) is 6.20 Å². The molecule has 0 aromatic carbocycles. The molecule has 0 saturated heterocycles. The van der Waals surface area contributed by atoms with Crippen molar-refractivity contribution in [1.82, 2.24) is 14.6 Å². The lowest BCUT2D eigenvalue weighted by atomic mass is 10.3. The molecule has 3 heterocycles. The van der Waals surface area contributed by atoms with Crippen LogP contribution in [0.2, 0.25) is 5.02 Å². The fraction of sp³-hybridized carbons (Fsp3) is 0.0909. The predicted molar refractivity (Wildman–Crippen MR) is 59.5 cm³/mol. The van der Waals surface area contributed by atoms with Gasteiger partial charge in [-0.15, -0.1) is 10.2 Å². The Labute approximate surface area is 96.5 Å². The number of halogens is 1. The first-order chi connectivity index (χ1) is 7.84. The highest BCUT2D eigenvalue weighted by Crippen LogP contribution is 2.17. The van der Waals surface area contributed by atoms with Crippen LogP contribution in [0, 0.1) is 0 Å². The van der Waals surface area contributed by atoms with E-state index in [2.05, 4.69) is 10.2 Å². The molecular formula is C11H8ClN3O. The van der Waals surface area contributed by atoms with E-state index in [0.717, 1.165) is 11.6 Å². The summed E-state index contributed by atoms with van der Waals surface area (Å²) in [6.07, 6.45) is 4.14. The van der Waals surface area contributed by atoms with Gasteiger partial charge >= 0.3 is 0 Å². The first-order valence-corrected chi connectivity index (χ1v) is 5.23. The normalized spacial score (nSPS) is 11.1. The Kier molecular flexibility index (Phi) is 2.15. The second-order valence-electron chi connectivity index (χ2n) is 3.42. The minimum atomic E-state index is 0.598. The van der Waals surface area contributed by atoms with E-state index in [1.807, 2.05) is 28.8 Å². The molecule has 0 unspecified atom stereocenters. The Bertz CT molecular complexity index is 615. The lowest BCUT2D eigenvalue weighted by molar-refractivity contribution is 0.516. The zero-order chi connectivity index (χ0) is 11.0. The van der Waals surface area contributed by atoms with Crippen LogP contribution in [0.25, 0.3) is 5.65 Å². The molecule has 3 rings (SSSR count). The summed E-state index contributed by atoms with van der Waals surface area (Å²) in [4.78, 5) is 0. The zero-order valence-corrected chi connectivity index (χ0v) is 9.05. The van der Waals surface area contributed by atoms with E-state index in [9.17, 15) is 0 Å². The minimum absolute atomic E-state index is 0.598. The molecule has 0 amide bonds. The van der Waals surface area contributed by atoms with E-state index in [4.69, 9.17) is 16.0 Å². The number of fused-ring (bicyclic) bond motifs is 1. The first-order valence-electron chi connectivity index (χ1n) is 4.85.